The van der Waals surface area contributed by atoms with Crippen LogP contribution in [0.5, 0.6) is 0 Å². The summed E-state index contributed by atoms with van der Waals surface area (Å²) < 4.78 is 0. The summed E-state index contributed by atoms with van der Waals surface area (Å²) in [5.41, 5.74) is 6.41. The van der Waals surface area contributed by atoms with Crippen LogP contribution in [0.3, 0.4) is 0 Å². The molecule has 3 rings (SSSR count). The Morgan fingerprint density at radius 1 is 0.632 bits per heavy atom. The zero-order valence-electron chi connectivity index (χ0n) is 22.0. The van der Waals surface area contributed by atoms with E-state index >= 15 is 0 Å². The number of aliphatic hydroxyl groups is 2. The molecule has 0 aliphatic heterocycles. The molecule has 0 heterocycles. The first-order chi connectivity index (χ1) is 18.6. The van der Waals surface area contributed by atoms with Gasteiger partial charge in [0.25, 0.3) is 0 Å². The minimum Gasteiger partial charge on any atom is -0.395 e. The number of aliphatic hydroxyl groups excluding tert-OH is 2. The van der Waals surface area contributed by atoms with E-state index in [9.17, 15) is 20.7 Å². The van der Waals surface area contributed by atoms with E-state index in [-0.39, 0.29) is 13.2 Å². The van der Waals surface area contributed by atoms with E-state index in [2.05, 4.69) is 35.8 Å². The molecule has 2 N–H and O–H groups in total. The molecule has 0 aliphatic carbocycles. The molecule has 0 aliphatic rings. The predicted molar refractivity (Wildman–Crippen MR) is 157 cm³/mol. The lowest BCUT2D eigenvalue weighted by atomic mass is 9.97. The highest BCUT2D eigenvalue weighted by atomic mass is 16.3. The fourth-order valence-electron chi connectivity index (χ4n) is 4.25. The third kappa shape index (κ3) is 7.33. The molecule has 0 saturated heterocycles. The van der Waals surface area contributed by atoms with E-state index in [0.717, 1.165) is 35.6 Å². The molecule has 0 atom stereocenters. The summed E-state index contributed by atoms with van der Waals surface area (Å²) in [6.07, 6.45) is 7.57. The maximum Gasteiger partial charge on any atom is 0.0998 e. The molecule has 3 aromatic rings. The molecular formula is C32H34N4O2. The number of likely N-dealkylation sites (N-methyl/N-ethyl adjacent to an activating group) is 2. The van der Waals surface area contributed by atoms with Gasteiger partial charge >= 0.3 is 0 Å². The van der Waals surface area contributed by atoms with Crippen molar-refractivity contribution in [2.75, 3.05) is 49.2 Å². The standard InChI is InChI=1S/C32H34N4O2/c1-3-35(17-19-37)31-13-7-25(8-14-31)5-11-27-21-30(24-34)28(22-29(27)23-33)12-6-26-9-15-32(16-10-26)36(4-2)18-20-38/h5-16,21-22,37-38H,3-4,17-20H2,1-2H3/b11-5+,12-6+. The van der Waals surface area contributed by atoms with Gasteiger partial charge in [-0.3, -0.25) is 0 Å². The zero-order chi connectivity index (χ0) is 27.3. The van der Waals surface area contributed by atoms with Crippen LogP contribution in [0.25, 0.3) is 24.3 Å². The third-order valence-corrected chi connectivity index (χ3v) is 6.39. The second-order valence-corrected chi connectivity index (χ2v) is 8.71. The SMILES string of the molecule is CCN(CCO)c1ccc(/C=C/c2cc(C#N)c(/C=C/c3ccc(N(CC)CCO)cc3)cc2C#N)cc1. The van der Waals surface area contributed by atoms with Crippen molar-refractivity contribution in [1.29, 1.82) is 10.5 Å². The van der Waals surface area contributed by atoms with Crippen LogP contribution in [-0.4, -0.2) is 49.6 Å². The number of benzene rings is 3. The monoisotopic (exact) mass is 506 g/mol. The van der Waals surface area contributed by atoms with Crippen LogP contribution < -0.4 is 9.80 Å². The van der Waals surface area contributed by atoms with Crippen molar-refractivity contribution in [3.8, 4) is 12.1 Å². The van der Waals surface area contributed by atoms with Crippen molar-refractivity contribution >= 4 is 35.7 Å². The van der Waals surface area contributed by atoms with Gasteiger partial charge in [0, 0.05) is 37.6 Å². The second-order valence-electron chi connectivity index (χ2n) is 8.71. The van der Waals surface area contributed by atoms with Gasteiger partial charge in [-0.1, -0.05) is 48.6 Å². The Morgan fingerprint density at radius 3 is 1.29 bits per heavy atom. The van der Waals surface area contributed by atoms with E-state index in [4.69, 9.17) is 0 Å². The molecule has 38 heavy (non-hydrogen) atoms. The van der Waals surface area contributed by atoms with E-state index in [1.165, 1.54) is 0 Å². The highest BCUT2D eigenvalue weighted by Crippen LogP contribution is 2.23. The lowest BCUT2D eigenvalue weighted by molar-refractivity contribution is 0.302. The zero-order valence-corrected chi connectivity index (χ0v) is 22.0. The normalized spacial score (nSPS) is 11.0. The molecule has 194 valence electrons. The molecule has 0 fully saturated rings. The molecule has 0 spiro atoms. The van der Waals surface area contributed by atoms with Gasteiger partial charge < -0.3 is 20.0 Å². The molecule has 0 amide bonds. The van der Waals surface area contributed by atoms with Crippen molar-refractivity contribution in [2.45, 2.75) is 13.8 Å². The van der Waals surface area contributed by atoms with Gasteiger partial charge in [-0.2, -0.15) is 10.5 Å². The maximum absolute atomic E-state index is 9.77. The fourth-order valence-corrected chi connectivity index (χ4v) is 4.25. The van der Waals surface area contributed by atoms with Crippen molar-refractivity contribution in [1.82, 2.24) is 0 Å². The summed E-state index contributed by atoms with van der Waals surface area (Å²) in [5.74, 6) is 0. The first kappa shape index (κ1) is 28.2. The number of anilines is 2. The van der Waals surface area contributed by atoms with Crippen LogP contribution >= 0.6 is 0 Å². The summed E-state index contributed by atoms with van der Waals surface area (Å²) in [7, 11) is 0. The Bertz CT molecular complexity index is 1220. The van der Waals surface area contributed by atoms with Gasteiger partial charge in [0.2, 0.25) is 0 Å². The van der Waals surface area contributed by atoms with Crippen molar-refractivity contribution in [3.05, 3.63) is 94.0 Å². The van der Waals surface area contributed by atoms with Gasteiger partial charge in [-0.05, 0) is 72.5 Å². The van der Waals surface area contributed by atoms with Gasteiger partial charge in [0.15, 0.2) is 0 Å². The Morgan fingerprint density at radius 2 is 1.00 bits per heavy atom. The largest absolute Gasteiger partial charge is 0.395 e. The molecule has 6 heteroatoms. The molecule has 0 aromatic heterocycles. The van der Waals surface area contributed by atoms with Crippen molar-refractivity contribution in [3.63, 3.8) is 0 Å². The molecule has 0 bridgehead atoms. The lowest BCUT2D eigenvalue weighted by Crippen LogP contribution is -2.25. The summed E-state index contributed by atoms with van der Waals surface area (Å²) in [4.78, 5) is 4.19. The first-order valence-corrected chi connectivity index (χ1v) is 12.8. The molecular weight excluding hydrogens is 472 g/mol. The summed E-state index contributed by atoms with van der Waals surface area (Å²) in [5, 5.41) is 38.0. The van der Waals surface area contributed by atoms with Crippen LogP contribution in [0.1, 0.15) is 47.2 Å². The molecule has 3 aromatic carbocycles. The lowest BCUT2D eigenvalue weighted by Gasteiger charge is -2.21. The van der Waals surface area contributed by atoms with Crippen LogP contribution in [0, 0.1) is 22.7 Å². The van der Waals surface area contributed by atoms with Gasteiger partial charge in [0.05, 0.1) is 36.5 Å². The molecule has 6 nitrogen and oxygen atoms in total. The van der Waals surface area contributed by atoms with E-state index in [0.29, 0.717) is 35.3 Å². The van der Waals surface area contributed by atoms with E-state index in [1.807, 2.05) is 72.8 Å². The number of nitrogens with zero attached hydrogens (tertiary/aromatic N) is 4. The summed E-state index contributed by atoms with van der Waals surface area (Å²) >= 11 is 0. The third-order valence-electron chi connectivity index (χ3n) is 6.39. The van der Waals surface area contributed by atoms with Crippen LogP contribution in [0.15, 0.2) is 60.7 Å². The minimum atomic E-state index is 0.105. The Labute approximate surface area is 225 Å². The Hall–Kier alpha value is -4.36. The van der Waals surface area contributed by atoms with Crippen LogP contribution in [-0.2, 0) is 0 Å². The Kier molecular flexibility index (Phi) is 10.7. The highest BCUT2D eigenvalue weighted by molar-refractivity contribution is 5.79. The molecule has 0 radical (unpaired) electrons. The molecule has 0 saturated carbocycles. The first-order valence-electron chi connectivity index (χ1n) is 12.8. The average Bonchev–Trinajstić information content (AvgIpc) is 2.97. The topological polar surface area (TPSA) is 94.5 Å². The maximum atomic E-state index is 9.77. The van der Waals surface area contributed by atoms with Gasteiger partial charge in [-0.25, -0.2) is 0 Å². The summed E-state index contributed by atoms with van der Waals surface area (Å²) in [6.45, 7) is 7.11. The van der Waals surface area contributed by atoms with Crippen molar-refractivity contribution in [2.24, 2.45) is 0 Å². The number of nitriles is 2. The predicted octanol–water partition coefficient (Wildman–Crippen LogP) is 5.41. The summed E-state index contributed by atoms with van der Waals surface area (Å²) in [6, 6.07) is 24.0. The number of hydrogen-bond donors (Lipinski definition) is 2. The smallest absolute Gasteiger partial charge is 0.0998 e. The van der Waals surface area contributed by atoms with Crippen LogP contribution in [0.4, 0.5) is 11.4 Å². The average molecular weight is 507 g/mol. The number of hydrogen-bond acceptors (Lipinski definition) is 6. The van der Waals surface area contributed by atoms with Gasteiger partial charge in [0.1, 0.15) is 0 Å². The molecule has 0 unspecified atom stereocenters. The van der Waals surface area contributed by atoms with Crippen LogP contribution in [0.2, 0.25) is 0 Å². The van der Waals surface area contributed by atoms with Gasteiger partial charge in [-0.15, -0.1) is 0 Å². The van der Waals surface area contributed by atoms with E-state index in [1.54, 1.807) is 12.1 Å². The quantitative estimate of drug-likeness (QED) is 0.319. The number of rotatable bonds is 12. The Balaban J connectivity index is 1.80. The second kappa shape index (κ2) is 14.4. The minimum absolute atomic E-state index is 0.105. The highest BCUT2D eigenvalue weighted by Gasteiger charge is 2.08. The van der Waals surface area contributed by atoms with E-state index < -0.39 is 0 Å². The fraction of sp³-hybridized carbons (Fsp3) is 0.250. The van der Waals surface area contributed by atoms with Crippen molar-refractivity contribution < 1.29 is 10.2 Å².